The fourth-order valence-corrected chi connectivity index (χ4v) is 5.95. The van der Waals surface area contributed by atoms with Crippen molar-refractivity contribution in [3.63, 3.8) is 0 Å². The fraction of sp³-hybridized carbons (Fsp3) is 0.261. The molecule has 0 atom stereocenters. The number of nitrogens with zero attached hydrogens (tertiary/aromatic N) is 3. The van der Waals surface area contributed by atoms with E-state index in [0.717, 1.165) is 46.4 Å². The molecule has 0 bridgehead atoms. The molecule has 5 rings (SSSR count). The van der Waals surface area contributed by atoms with Crippen LogP contribution in [0.3, 0.4) is 0 Å². The van der Waals surface area contributed by atoms with Crippen LogP contribution in [0.2, 0.25) is 0 Å². The maximum atomic E-state index is 12.8. The van der Waals surface area contributed by atoms with E-state index in [4.69, 9.17) is 0 Å². The first kappa shape index (κ1) is 19.7. The number of H-pyrrole nitrogens is 1. The molecule has 8 heteroatoms. The molecule has 31 heavy (non-hydrogen) atoms. The molecule has 1 aliphatic rings. The van der Waals surface area contributed by atoms with Crippen molar-refractivity contribution in [2.45, 2.75) is 30.7 Å². The van der Waals surface area contributed by atoms with E-state index in [0.29, 0.717) is 4.90 Å². The molecule has 2 N–H and O–H groups in total. The highest BCUT2D eigenvalue weighted by Crippen LogP contribution is 2.38. The lowest BCUT2D eigenvalue weighted by molar-refractivity contribution is 0.311. The lowest BCUT2D eigenvalue weighted by atomic mass is 9.81. The summed E-state index contributed by atoms with van der Waals surface area (Å²) in [7, 11) is -3.28. The van der Waals surface area contributed by atoms with Crippen LogP contribution in [-0.2, 0) is 9.84 Å². The molecule has 158 valence electrons. The lowest BCUT2D eigenvalue weighted by Crippen LogP contribution is -2.39. The minimum absolute atomic E-state index is 0.147. The van der Waals surface area contributed by atoms with Gasteiger partial charge < -0.3 is 10.3 Å². The van der Waals surface area contributed by atoms with E-state index in [1.165, 1.54) is 6.33 Å². The van der Waals surface area contributed by atoms with Crippen LogP contribution in [0.5, 0.6) is 0 Å². The van der Waals surface area contributed by atoms with Gasteiger partial charge in [0.2, 0.25) is 0 Å². The molecule has 0 radical (unpaired) electrons. The lowest BCUT2D eigenvalue weighted by Gasteiger charge is -2.37. The summed E-state index contributed by atoms with van der Waals surface area (Å²) >= 11 is 0. The summed E-state index contributed by atoms with van der Waals surface area (Å²) < 4.78 is 25.6. The Morgan fingerprint density at radius 3 is 2.81 bits per heavy atom. The first-order chi connectivity index (χ1) is 15.0. The van der Waals surface area contributed by atoms with Crippen molar-refractivity contribution in [2.75, 3.05) is 11.1 Å². The molecule has 0 amide bonds. The van der Waals surface area contributed by atoms with Gasteiger partial charge in [0.15, 0.2) is 9.84 Å². The Kier molecular flexibility index (Phi) is 4.94. The predicted molar refractivity (Wildman–Crippen MR) is 120 cm³/mol. The van der Waals surface area contributed by atoms with Crippen molar-refractivity contribution in [3.8, 4) is 11.3 Å². The van der Waals surface area contributed by atoms with Gasteiger partial charge in [-0.05, 0) is 55.5 Å². The van der Waals surface area contributed by atoms with Gasteiger partial charge in [0.25, 0.3) is 0 Å². The Hall–Kier alpha value is -3.26. The highest BCUT2D eigenvalue weighted by atomic mass is 32.2. The van der Waals surface area contributed by atoms with E-state index >= 15 is 0 Å². The average Bonchev–Trinajstić information content (AvgIpc) is 3.22. The van der Waals surface area contributed by atoms with Gasteiger partial charge in [0, 0.05) is 35.6 Å². The Morgan fingerprint density at radius 1 is 1.16 bits per heavy atom. The van der Waals surface area contributed by atoms with Crippen molar-refractivity contribution in [1.82, 2.24) is 19.9 Å². The van der Waals surface area contributed by atoms with Gasteiger partial charge in [-0.1, -0.05) is 12.1 Å². The third kappa shape index (κ3) is 3.90. The monoisotopic (exact) mass is 433 g/mol. The molecular formula is C23H23N5O2S. The van der Waals surface area contributed by atoms with Crippen molar-refractivity contribution in [1.29, 1.82) is 0 Å². The number of fused-ring (bicyclic) bond motifs is 1. The van der Waals surface area contributed by atoms with Gasteiger partial charge in [-0.3, -0.25) is 0 Å². The summed E-state index contributed by atoms with van der Waals surface area (Å²) in [5, 5.41) is 4.62. The number of aryl methyl sites for hydroxylation is 1. The highest BCUT2D eigenvalue weighted by molar-refractivity contribution is 7.91. The number of hydrogen-bond donors (Lipinski definition) is 2. The third-order valence-corrected chi connectivity index (χ3v) is 7.71. The summed E-state index contributed by atoms with van der Waals surface area (Å²) in [6.45, 7) is 1.91. The Bertz CT molecular complexity index is 1330. The number of sulfone groups is 1. The number of aromatic nitrogens is 4. The van der Waals surface area contributed by atoms with E-state index in [2.05, 4.69) is 25.3 Å². The molecule has 3 aromatic heterocycles. The molecule has 0 saturated heterocycles. The van der Waals surface area contributed by atoms with Crippen molar-refractivity contribution < 1.29 is 8.42 Å². The van der Waals surface area contributed by atoms with E-state index < -0.39 is 9.84 Å². The molecular weight excluding hydrogens is 410 g/mol. The second kappa shape index (κ2) is 7.77. The summed E-state index contributed by atoms with van der Waals surface area (Å²) in [6.07, 6.45) is 8.52. The number of aromatic amines is 1. The van der Waals surface area contributed by atoms with Gasteiger partial charge in [0.1, 0.15) is 12.0 Å². The minimum Gasteiger partial charge on any atom is -0.381 e. The van der Waals surface area contributed by atoms with Crippen LogP contribution in [0, 0.1) is 12.8 Å². The standard InChI is InChI=1S/C23H23N5O2S/c1-15-3-2-4-18(9-15)31(29,30)13-16-10-17(11-16)28-22-19-5-8-25-23(19)26-12-20(22)21-6-7-24-14-27-21/h2-9,12,14,16-17H,10-11,13H2,1H3,(H2,25,26,28). The molecule has 1 aliphatic carbocycles. The normalized spacial score (nSPS) is 18.6. The van der Waals surface area contributed by atoms with Crippen molar-refractivity contribution in [2.24, 2.45) is 5.92 Å². The van der Waals surface area contributed by atoms with Gasteiger partial charge in [-0.25, -0.2) is 23.4 Å². The fourth-order valence-electron chi connectivity index (χ4n) is 4.22. The Balaban J connectivity index is 1.33. The second-order valence-corrected chi connectivity index (χ2v) is 10.2. The average molecular weight is 434 g/mol. The quantitative estimate of drug-likeness (QED) is 0.477. The largest absolute Gasteiger partial charge is 0.381 e. The molecule has 1 fully saturated rings. The van der Waals surface area contributed by atoms with Crippen LogP contribution in [0.1, 0.15) is 18.4 Å². The molecule has 0 spiro atoms. The van der Waals surface area contributed by atoms with Crippen molar-refractivity contribution >= 4 is 26.6 Å². The topological polar surface area (TPSA) is 101 Å². The van der Waals surface area contributed by atoms with Crippen LogP contribution in [0.15, 0.2) is 66.2 Å². The molecule has 4 aromatic rings. The smallest absolute Gasteiger partial charge is 0.178 e. The summed E-state index contributed by atoms with van der Waals surface area (Å²) in [4.78, 5) is 16.4. The van der Waals surface area contributed by atoms with E-state index in [-0.39, 0.29) is 17.7 Å². The second-order valence-electron chi connectivity index (χ2n) is 8.16. The number of rotatable bonds is 6. The SMILES string of the molecule is Cc1cccc(S(=O)(=O)CC2CC(Nc3c(-c4ccncn4)cnc4[nH]ccc34)C2)c1. The zero-order valence-corrected chi connectivity index (χ0v) is 17.9. The van der Waals surface area contributed by atoms with Gasteiger partial charge in [-0.15, -0.1) is 0 Å². The molecule has 1 saturated carbocycles. The van der Waals surface area contributed by atoms with E-state index in [1.807, 2.05) is 37.5 Å². The van der Waals surface area contributed by atoms with Crippen LogP contribution >= 0.6 is 0 Å². The summed E-state index contributed by atoms with van der Waals surface area (Å²) in [5.41, 5.74) is 4.43. The number of nitrogens with one attached hydrogen (secondary N) is 2. The first-order valence-corrected chi connectivity index (χ1v) is 11.9. The Morgan fingerprint density at radius 2 is 2.03 bits per heavy atom. The summed E-state index contributed by atoms with van der Waals surface area (Å²) in [5.74, 6) is 0.331. The maximum Gasteiger partial charge on any atom is 0.178 e. The van der Waals surface area contributed by atoms with E-state index in [9.17, 15) is 8.42 Å². The highest BCUT2D eigenvalue weighted by Gasteiger charge is 2.34. The number of pyridine rings is 1. The molecule has 0 unspecified atom stereocenters. The predicted octanol–water partition coefficient (Wildman–Crippen LogP) is 3.99. The molecule has 7 nitrogen and oxygen atoms in total. The first-order valence-electron chi connectivity index (χ1n) is 10.3. The molecule has 0 aliphatic heterocycles. The van der Waals surface area contributed by atoms with Crippen LogP contribution in [0.25, 0.3) is 22.3 Å². The third-order valence-electron chi connectivity index (χ3n) is 5.83. The van der Waals surface area contributed by atoms with E-state index in [1.54, 1.807) is 24.4 Å². The van der Waals surface area contributed by atoms with Crippen LogP contribution < -0.4 is 5.32 Å². The maximum absolute atomic E-state index is 12.8. The van der Waals surface area contributed by atoms with Crippen LogP contribution in [0.4, 0.5) is 5.69 Å². The van der Waals surface area contributed by atoms with Gasteiger partial charge >= 0.3 is 0 Å². The molecule has 1 aromatic carbocycles. The number of benzene rings is 1. The summed E-state index contributed by atoms with van der Waals surface area (Å²) in [6, 6.07) is 11.2. The van der Waals surface area contributed by atoms with Crippen molar-refractivity contribution in [3.05, 3.63) is 66.9 Å². The minimum atomic E-state index is -3.28. The Labute approximate surface area is 180 Å². The number of anilines is 1. The molecule has 3 heterocycles. The number of hydrogen-bond acceptors (Lipinski definition) is 6. The zero-order valence-electron chi connectivity index (χ0n) is 17.1. The zero-order chi connectivity index (χ0) is 21.4. The van der Waals surface area contributed by atoms with Gasteiger partial charge in [0.05, 0.1) is 22.0 Å². The van der Waals surface area contributed by atoms with Crippen LogP contribution in [-0.4, -0.2) is 40.1 Å². The van der Waals surface area contributed by atoms with Gasteiger partial charge in [-0.2, -0.15) is 0 Å².